The molecule has 1 unspecified atom stereocenters. The highest BCUT2D eigenvalue weighted by Crippen LogP contribution is 2.29. The number of tetrazole rings is 1. The van der Waals surface area contributed by atoms with Gasteiger partial charge in [-0.1, -0.05) is 6.92 Å². The molecule has 0 aliphatic heterocycles. The van der Waals surface area contributed by atoms with Crippen molar-refractivity contribution >= 4 is 17.3 Å². The van der Waals surface area contributed by atoms with E-state index in [9.17, 15) is 9.90 Å². The molecule has 0 aromatic carbocycles. The highest BCUT2D eigenvalue weighted by atomic mass is 32.1. The Hall–Kier alpha value is -1.76. The lowest BCUT2D eigenvalue weighted by molar-refractivity contribution is -0.147. The molecule has 1 atom stereocenters. The molecule has 0 saturated carbocycles. The summed E-state index contributed by atoms with van der Waals surface area (Å²) in [6.45, 7) is 5.38. The van der Waals surface area contributed by atoms with Gasteiger partial charge >= 0.3 is 5.97 Å². The van der Waals surface area contributed by atoms with Gasteiger partial charge in [0.25, 0.3) is 0 Å². The SMILES string of the molecule is CCC(C)(C(=O)O)n1nnnc1-c1cscc1C. The average Bonchev–Trinajstić information content (AvgIpc) is 2.95. The number of carboxylic acid groups (broad SMARTS) is 1. The average molecular weight is 266 g/mol. The Kier molecular flexibility index (Phi) is 3.16. The molecule has 0 radical (unpaired) electrons. The van der Waals surface area contributed by atoms with Gasteiger partial charge in [0.2, 0.25) is 0 Å². The predicted molar refractivity (Wildman–Crippen MR) is 67.4 cm³/mol. The first-order valence-corrected chi connectivity index (χ1v) is 6.50. The fraction of sp³-hybridized carbons (Fsp3) is 0.455. The van der Waals surface area contributed by atoms with Crippen LogP contribution in [-0.4, -0.2) is 31.3 Å². The Morgan fingerprint density at radius 2 is 2.28 bits per heavy atom. The summed E-state index contributed by atoms with van der Waals surface area (Å²) in [6.07, 6.45) is 0.406. The van der Waals surface area contributed by atoms with Crippen LogP contribution in [0.4, 0.5) is 0 Å². The Balaban J connectivity index is 2.58. The summed E-state index contributed by atoms with van der Waals surface area (Å²) in [5.41, 5.74) is 0.790. The van der Waals surface area contributed by atoms with Crippen LogP contribution in [0.5, 0.6) is 0 Å². The standard InChI is InChI=1S/C11H14N4O2S/c1-4-11(3,10(16)17)15-9(12-13-14-15)8-6-18-5-7(8)2/h5-6H,4H2,1-3H3,(H,16,17). The maximum atomic E-state index is 11.4. The van der Waals surface area contributed by atoms with Gasteiger partial charge in [0.05, 0.1) is 0 Å². The van der Waals surface area contributed by atoms with Crippen LogP contribution < -0.4 is 0 Å². The number of nitrogens with zero attached hydrogens (tertiary/aromatic N) is 4. The summed E-state index contributed by atoms with van der Waals surface area (Å²) < 4.78 is 1.39. The van der Waals surface area contributed by atoms with Crippen LogP contribution in [0.3, 0.4) is 0 Å². The molecule has 0 fully saturated rings. The van der Waals surface area contributed by atoms with Crippen LogP contribution in [0.1, 0.15) is 25.8 Å². The van der Waals surface area contributed by atoms with E-state index in [0.29, 0.717) is 12.2 Å². The lowest BCUT2D eigenvalue weighted by Crippen LogP contribution is -2.39. The number of rotatable bonds is 4. The molecule has 0 bridgehead atoms. The molecule has 96 valence electrons. The van der Waals surface area contributed by atoms with Crippen molar-refractivity contribution in [2.45, 2.75) is 32.7 Å². The molecule has 2 aromatic rings. The summed E-state index contributed by atoms with van der Waals surface area (Å²) in [5, 5.41) is 24.7. The Labute approximate surface area is 108 Å². The van der Waals surface area contributed by atoms with Crippen molar-refractivity contribution in [3.8, 4) is 11.4 Å². The van der Waals surface area contributed by atoms with E-state index in [1.807, 2.05) is 17.7 Å². The number of carboxylic acids is 1. The van der Waals surface area contributed by atoms with Crippen LogP contribution in [0.25, 0.3) is 11.4 Å². The third-order valence-corrected chi connectivity index (χ3v) is 4.04. The topological polar surface area (TPSA) is 80.9 Å². The van der Waals surface area contributed by atoms with E-state index in [-0.39, 0.29) is 0 Å². The number of thiophene rings is 1. The molecule has 2 heterocycles. The Bertz CT molecular complexity index is 577. The number of aliphatic carboxylic acids is 1. The number of aromatic nitrogens is 4. The van der Waals surface area contributed by atoms with Crippen LogP contribution in [0.2, 0.25) is 0 Å². The molecular formula is C11H14N4O2S. The van der Waals surface area contributed by atoms with E-state index in [1.165, 1.54) is 4.68 Å². The third-order valence-electron chi connectivity index (χ3n) is 3.18. The third kappa shape index (κ3) is 1.80. The second kappa shape index (κ2) is 4.49. The minimum absolute atomic E-state index is 0.406. The summed E-state index contributed by atoms with van der Waals surface area (Å²) in [5.74, 6) is -0.438. The van der Waals surface area contributed by atoms with Crippen LogP contribution >= 0.6 is 11.3 Å². The monoisotopic (exact) mass is 266 g/mol. The van der Waals surface area contributed by atoms with E-state index in [2.05, 4.69) is 15.5 Å². The van der Waals surface area contributed by atoms with Gasteiger partial charge < -0.3 is 5.11 Å². The second-order valence-corrected chi connectivity index (χ2v) is 5.06. The minimum atomic E-state index is -1.13. The number of hydrogen-bond acceptors (Lipinski definition) is 5. The van der Waals surface area contributed by atoms with Gasteiger partial charge in [-0.2, -0.15) is 11.3 Å². The first kappa shape index (κ1) is 12.7. The zero-order chi connectivity index (χ0) is 13.3. The van der Waals surface area contributed by atoms with E-state index in [1.54, 1.807) is 25.2 Å². The van der Waals surface area contributed by atoms with Crippen molar-refractivity contribution in [3.63, 3.8) is 0 Å². The molecule has 0 aliphatic rings. The fourth-order valence-electron chi connectivity index (χ4n) is 1.67. The van der Waals surface area contributed by atoms with Crippen molar-refractivity contribution in [2.24, 2.45) is 0 Å². The minimum Gasteiger partial charge on any atom is -0.479 e. The largest absolute Gasteiger partial charge is 0.479 e. The number of aryl methyl sites for hydroxylation is 1. The van der Waals surface area contributed by atoms with Crippen molar-refractivity contribution in [1.82, 2.24) is 20.2 Å². The second-order valence-electron chi connectivity index (χ2n) is 4.32. The van der Waals surface area contributed by atoms with Crippen LogP contribution in [0, 0.1) is 6.92 Å². The lowest BCUT2D eigenvalue weighted by Gasteiger charge is -2.23. The Morgan fingerprint density at radius 3 is 2.78 bits per heavy atom. The van der Waals surface area contributed by atoms with Gasteiger partial charge in [-0.3, -0.25) is 0 Å². The lowest BCUT2D eigenvalue weighted by atomic mass is 9.99. The van der Waals surface area contributed by atoms with E-state index in [4.69, 9.17) is 0 Å². The van der Waals surface area contributed by atoms with Gasteiger partial charge in [0, 0.05) is 10.9 Å². The molecule has 0 spiro atoms. The van der Waals surface area contributed by atoms with Crippen LogP contribution in [-0.2, 0) is 10.3 Å². The van der Waals surface area contributed by atoms with Crippen molar-refractivity contribution in [3.05, 3.63) is 16.3 Å². The zero-order valence-corrected chi connectivity index (χ0v) is 11.2. The molecule has 0 amide bonds. The zero-order valence-electron chi connectivity index (χ0n) is 10.4. The first-order valence-electron chi connectivity index (χ1n) is 5.56. The summed E-state index contributed by atoms with van der Waals surface area (Å²) in [7, 11) is 0. The molecule has 6 nitrogen and oxygen atoms in total. The smallest absolute Gasteiger partial charge is 0.331 e. The predicted octanol–water partition coefficient (Wildman–Crippen LogP) is 1.92. The summed E-state index contributed by atoms with van der Waals surface area (Å²) in [4.78, 5) is 11.4. The molecule has 1 N–H and O–H groups in total. The number of hydrogen-bond donors (Lipinski definition) is 1. The molecule has 18 heavy (non-hydrogen) atoms. The van der Waals surface area contributed by atoms with Crippen LogP contribution in [0.15, 0.2) is 10.8 Å². The molecule has 2 aromatic heterocycles. The van der Waals surface area contributed by atoms with Gasteiger partial charge in [-0.15, -0.1) is 5.10 Å². The highest BCUT2D eigenvalue weighted by molar-refractivity contribution is 7.08. The molecule has 2 rings (SSSR count). The normalized spacial score (nSPS) is 14.4. The van der Waals surface area contributed by atoms with Crippen molar-refractivity contribution in [1.29, 1.82) is 0 Å². The van der Waals surface area contributed by atoms with Crippen molar-refractivity contribution in [2.75, 3.05) is 0 Å². The number of carbonyl (C=O) groups is 1. The first-order chi connectivity index (χ1) is 8.50. The van der Waals surface area contributed by atoms with Gasteiger partial charge in [0.1, 0.15) is 0 Å². The van der Waals surface area contributed by atoms with Gasteiger partial charge in [0.15, 0.2) is 11.4 Å². The summed E-state index contributed by atoms with van der Waals surface area (Å²) >= 11 is 1.54. The summed E-state index contributed by atoms with van der Waals surface area (Å²) in [6, 6.07) is 0. The molecule has 0 aliphatic carbocycles. The fourth-order valence-corrected chi connectivity index (χ4v) is 2.50. The molecule has 7 heteroatoms. The maximum Gasteiger partial charge on any atom is 0.331 e. The van der Waals surface area contributed by atoms with E-state index < -0.39 is 11.5 Å². The highest BCUT2D eigenvalue weighted by Gasteiger charge is 2.37. The van der Waals surface area contributed by atoms with Gasteiger partial charge in [-0.05, 0) is 41.6 Å². The molecule has 0 saturated heterocycles. The quantitative estimate of drug-likeness (QED) is 0.914. The van der Waals surface area contributed by atoms with Crippen molar-refractivity contribution < 1.29 is 9.90 Å². The maximum absolute atomic E-state index is 11.4. The Morgan fingerprint density at radius 1 is 1.56 bits per heavy atom. The van der Waals surface area contributed by atoms with Gasteiger partial charge in [-0.25, -0.2) is 9.48 Å². The van der Waals surface area contributed by atoms with E-state index in [0.717, 1.165) is 11.1 Å². The molecular weight excluding hydrogens is 252 g/mol. The van der Waals surface area contributed by atoms with E-state index >= 15 is 0 Å².